The normalized spacial score (nSPS) is 38.8. The number of aromatic nitrogens is 8. The van der Waals surface area contributed by atoms with Crippen LogP contribution in [0.5, 0.6) is 0 Å². The van der Waals surface area contributed by atoms with Crippen molar-refractivity contribution in [2.75, 3.05) is 24.7 Å². The number of aliphatic hydroxyl groups is 2. The van der Waals surface area contributed by atoms with Crippen LogP contribution in [-0.2, 0) is 36.7 Å². The molecule has 3 saturated heterocycles. The first-order valence-corrected chi connectivity index (χ1v) is 19.1. The van der Waals surface area contributed by atoms with E-state index in [4.69, 9.17) is 39.0 Å². The second-order valence-corrected chi connectivity index (χ2v) is 16.5. The van der Waals surface area contributed by atoms with Crippen molar-refractivity contribution in [2.24, 2.45) is 0 Å². The molecule has 3 aliphatic rings. The lowest BCUT2D eigenvalue weighted by molar-refractivity contribution is -0.123. The van der Waals surface area contributed by atoms with E-state index < -0.39 is 75.4 Å². The largest absolute Gasteiger partial charge is 0.387 e. The summed E-state index contributed by atoms with van der Waals surface area (Å²) in [5, 5.41) is 22.8. The van der Waals surface area contributed by atoms with Gasteiger partial charge in [0.25, 0.3) is 0 Å². The first-order valence-electron chi connectivity index (χ1n) is 13.7. The molecule has 248 valence electrons. The molecule has 6 N–H and O–H groups in total. The van der Waals surface area contributed by atoms with E-state index in [0.29, 0.717) is 0 Å². The van der Waals surface area contributed by atoms with E-state index in [1.807, 2.05) is 0 Å². The molecule has 0 amide bonds. The van der Waals surface area contributed by atoms with Gasteiger partial charge in [0.15, 0.2) is 35.4 Å². The van der Waals surface area contributed by atoms with Gasteiger partial charge in [0.05, 0.1) is 25.9 Å². The fraction of sp³-hybridized carbons (Fsp3) is 0.545. The SMILES string of the molecule is CC[C@@]12CO[P@@](=O)(S)O[C@@H]3[C@H](O)[C@@H](CO[P@](=O)(S)O[C@H]1[C@@H](O)[C@H](n1cnc4c(N)ncnc41)O2)O[C@H]3n1cnc2c(N)ncnc21. The Morgan fingerprint density at radius 2 is 1.48 bits per heavy atom. The van der Waals surface area contributed by atoms with Crippen LogP contribution in [0.3, 0.4) is 0 Å². The fourth-order valence-electron chi connectivity index (χ4n) is 5.74. The lowest BCUT2D eigenvalue weighted by atomic mass is 9.93. The lowest BCUT2D eigenvalue weighted by Crippen LogP contribution is -2.47. The number of ether oxygens (including phenoxy) is 2. The van der Waals surface area contributed by atoms with Crippen molar-refractivity contribution in [1.29, 1.82) is 0 Å². The second-order valence-electron chi connectivity index (χ2n) is 10.7. The molecule has 3 fully saturated rings. The summed E-state index contributed by atoms with van der Waals surface area (Å²) in [7, 11) is 0. The number of hydrogen-bond acceptors (Lipinski definition) is 18. The summed E-state index contributed by atoms with van der Waals surface area (Å²) in [4.78, 5) is 24.6. The molecule has 0 spiro atoms. The molecule has 2 bridgehead atoms. The van der Waals surface area contributed by atoms with Crippen molar-refractivity contribution in [2.45, 2.75) is 61.9 Å². The summed E-state index contributed by atoms with van der Waals surface area (Å²) in [5.74, 6) is 0.191. The Balaban J connectivity index is 1.24. The highest BCUT2D eigenvalue weighted by Gasteiger charge is 2.59. The smallest absolute Gasteiger partial charge is 0.386 e. The molecule has 24 heteroatoms. The molecule has 4 aromatic rings. The summed E-state index contributed by atoms with van der Waals surface area (Å²) >= 11 is 8.32. The maximum absolute atomic E-state index is 13.8. The van der Waals surface area contributed by atoms with Crippen LogP contribution < -0.4 is 11.5 Å². The Morgan fingerprint density at radius 3 is 2.09 bits per heavy atom. The van der Waals surface area contributed by atoms with Gasteiger partial charge in [-0.25, -0.2) is 39.0 Å². The third-order valence-corrected chi connectivity index (χ3v) is 11.3. The third kappa shape index (κ3) is 5.39. The summed E-state index contributed by atoms with van der Waals surface area (Å²) in [6.07, 6.45) is -4.39. The highest BCUT2D eigenvalue weighted by atomic mass is 32.7. The van der Waals surface area contributed by atoms with E-state index in [0.717, 1.165) is 0 Å². The van der Waals surface area contributed by atoms with E-state index in [2.05, 4.69) is 54.4 Å². The average molecular weight is 719 g/mol. The van der Waals surface area contributed by atoms with Gasteiger partial charge in [-0.05, 0) is 6.42 Å². The molecule has 3 aliphatic heterocycles. The minimum absolute atomic E-state index is 0.0686. The van der Waals surface area contributed by atoms with Gasteiger partial charge >= 0.3 is 13.6 Å². The second kappa shape index (κ2) is 11.6. The number of rotatable bonds is 3. The van der Waals surface area contributed by atoms with Gasteiger partial charge in [-0.3, -0.25) is 27.2 Å². The van der Waals surface area contributed by atoms with Gasteiger partial charge < -0.3 is 31.2 Å². The highest BCUT2D eigenvalue weighted by molar-refractivity contribution is 8.44. The molecule has 46 heavy (non-hydrogen) atoms. The molecule has 0 unspecified atom stereocenters. The molecule has 0 aliphatic carbocycles. The summed E-state index contributed by atoms with van der Waals surface area (Å²) in [5.41, 5.74) is 11.2. The molecule has 7 heterocycles. The molecule has 0 saturated carbocycles. The molecule has 4 aromatic heterocycles. The van der Waals surface area contributed by atoms with E-state index >= 15 is 0 Å². The van der Waals surface area contributed by atoms with E-state index in [9.17, 15) is 19.3 Å². The van der Waals surface area contributed by atoms with Crippen molar-refractivity contribution in [1.82, 2.24) is 39.0 Å². The number of aliphatic hydroxyl groups excluding tert-OH is 2. The van der Waals surface area contributed by atoms with E-state index in [1.165, 1.54) is 34.4 Å². The lowest BCUT2D eigenvalue weighted by Gasteiger charge is -2.35. The number of nitrogens with two attached hydrogens (primary N) is 2. The molecule has 20 nitrogen and oxygen atoms in total. The minimum Gasteiger partial charge on any atom is -0.387 e. The first-order chi connectivity index (χ1) is 21.8. The Labute approximate surface area is 269 Å². The van der Waals surface area contributed by atoms with Gasteiger partial charge in [-0.1, -0.05) is 31.4 Å². The van der Waals surface area contributed by atoms with Gasteiger partial charge in [0, 0.05) is 0 Å². The van der Waals surface area contributed by atoms with Gasteiger partial charge in [0.1, 0.15) is 59.8 Å². The quantitative estimate of drug-likeness (QED) is 0.127. The summed E-state index contributed by atoms with van der Waals surface area (Å²) < 4.78 is 65.5. The fourth-order valence-corrected chi connectivity index (χ4v) is 8.73. The van der Waals surface area contributed by atoms with Crippen LogP contribution in [0.1, 0.15) is 25.8 Å². The number of hydrogen-bond donors (Lipinski definition) is 6. The van der Waals surface area contributed by atoms with Gasteiger partial charge in [-0.15, -0.1) is 0 Å². The Bertz CT molecular complexity index is 1900. The zero-order valence-corrected chi connectivity index (χ0v) is 27.2. The van der Waals surface area contributed by atoms with Crippen molar-refractivity contribution >= 4 is 72.1 Å². The highest BCUT2D eigenvalue weighted by Crippen LogP contribution is 2.62. The van der Waals surface area contributed by atoms with Gasteiger partial charge in [0.2, 0.25) is 0 Å². The predicted octanol–water partition coefficient (Wildman–Crippen LogP) is 1.02. The number of nitrogens with zero attached hydrogens (tertiary/aromatic N) is 8. The molecule has 0 aromatic carbocycles. The Kier molecular flexibility index (Phi) is 8.10. The van der Waals surface area contributed by atoms with E-state index in [1.54, 1.807) is 6.92 Å². The minimum atomic E-state index is -4.37. The predicted molar refractivity (Wildman–Crippen MR) is 163 cm³/mol. The number of anilines is 2. The standard InChI is InChI=1S/C22H28N10O10P2S2/c1-2-22-4-38-44(36,46)41-14-12(33)9(39-21(14)32-8-30-11-17(24)26-6-28-19(11)32)3-37-43(35,45)42-15(22)13(34)20(40-22)31-7-29-10-16(23)25-5-27-18(10)31/h5-9,12-15,20-21,33-34H,2-4H2,1H3,(H,35,45)(H,36,46)(H2,23,25,27)(H2,24,26,28)/t9-,12-,13-,14-,15+,20-,21-,22-,43+,44-/m1/s1. The Hall–Kier alpha value is -2.46. The molecule has 0 radical (unpaired) electrons. The van der Waals surface area contributed by atoms with Crippen LogP contribution in [0.25, 0.3) is 22.3 Å². The monoisotopic (exact) mass is 718 g/mol. The molecular weight excluding hydrogens is 690 g/mol. The van der Waals surface area contributed by atoms with Crippen molar-refractivity contribution in [3.05, 3.63) is 25.3 Å². The third-order valence-electron chi connectivity index (χ3n) is 8.09. The Morgan fingerprint density at radius 1 is 0.891 bits per heavy atom. The first kappa shape index (κ1) is 32.1. The molecule has 7 rings (SSSR count). The van der Waals surface area contributed by atoms with Crippen LogP contribution in [0.15, 0.2) is 25.3 Å². The molecule has 10 atom stereocenters. The van der Waals surface area contributed by atoms with Crippen molar-refractivity contribution in [3.8, 4) is 0 Å². The van der Waals surface area contributed by atoms with Crippen molar-refractivity contribution < 1.29 is 46.9 Å². The van der Waals surface area contributed by atoms with E-state index in [-0.39, 0.29) is 40.4 Å². The average Bonchev–Trinajstić information content (AvgIpc) is 3.77. The number of imidazole rings is 2. The number of nitrogen functional groups attached to an aromatic ring is 2. The van der Waals surface area contributed by atoms with Gasteiger partial charge in [-0.2, -0.15) is 0 Å². The summed E-state index contributed by atoms with van der Waals surface area (Å²) in [6, 6.07) is 0. The van der Waals surface area contributed by atoms with Crippen LogP contribution in [0.4, 0.5) is 11.6 Å². The molecular formula is C22H28N10O10P2S2. The number of thiol groups is 2. The zero-order chi connectivity index (χ0) is 32.6. The maximum Gasteiger partial charge on any atom is 0.386 e. The van der Waals surface area contributed by atoms with Crippen LogP contribution in [0.2, 0.25) is 0 Å². The maximum atomic E-state index is 13.8. The number of fused-ring (bicyclic) bond motifs is 5. The van der Waals surface area contributed by atoms with Crippen molar-refractivity contribution in [3.63, 3.8) is 0 Å². The van der Waals surface area contributed by atoms with Crippen LogP contribution in [0, 0.1) is 0 Å². The van der Waals surface area contributed by atoms with Crippen LogP contribution in [-0.4, -0.2) is 98.6 Å². The summed E-state index contributed by atoms with van der Waals surface area (Å²) in [6.45, 7) is -8.12. The van der Waals surface area contributed by atoms with Crippen LogP contribution >= 0.6 is 38.1 Å². The zero-order valence-electron chi connectivity index (χ0n) is 23.7. The topological polar surface area (TPSA) is 269 Å².